The molecule has 0 bridgehead atoms. The molecule has 1 aromatic carbocycles. The first-order valence-electron chi connectivity index (χ1n) is 5.85. The van der Waals surface area contributed by atoms with E-state index in [2.05, 4.69) is 0 Å². The lowest BCUT2D eigenvalue weighted by atomic mass is 10.1. The van der Waals surface area contributed by atoms with Gasteiger partial charge in [-0.3, -0.25) is 14.5 Å². The summed E-state index contributed by atoms with van der Waals surface area (Å²) in [6.45, 7) is 2.34. The van der Waals surface area contributed by atoms with E-state index in [4.69, 9.17) is 4.74 Å². The molecular formula is C14H15NO3. The van der Waals surface area contributed by atoms with Crippen molar-refractivity contribution in [3.63, 3.8) is 0 Å². The molecule has 4 nitrogen and oxygen atoms in total. The number of rotatable bonds is 4. The van der Waals surface area contributed by atoms with E-state index in [0.717, 1.165) is 23.3 Å². The van der Waals surface area contributed by atoms with E-state index >= 15 is 0 Å². The maximum atomic E-state index is 11.5. The van der Waals surface area contributed by atoms with Crippen molar-refractivity contribution in [1.82, 2.24) is 4.90 Å². The first kappa shape index (κ1) is 12.4. The molecule has 0 fully saturated rings. The largest absolute Gasteiger partial charge is 0.496 e. The fraction of sp³-hybridized carbons (Fsp3) is 0.286. The molecule has 1 aromatic rings. The van der Waals surface area contributed by atoms with E-state index in [1.807, 2.05) is 25.1 Å². The van der Waals surface area contributed by atoms with Crippen LogP contribution < -0.4 is 4.74 Å². The van der Waals surface area contributed by atoms with E-state index < -0.39 is 0 Å². The number of amides is 2. The molecule has 0 saturated carbocycles. The Bertz CT molecular complexity index is 502. The molecule has 1 aliphatic rings. The summed E-state index contributed by atoms with van der Waals surface area (Å²) >= 11 is 0. The van der Waals surface area contributed by atoms with Crippen LogP contribution in [-0.4, -0.2) is 23.8 Å². The van der Waals surface area contributed by atoms with E-state index in [0.29, 0.717) is 6.54 Å². The van der Waals surface area contributed by atoms with Gasteiger partial charge < -0.3 is 4.74 Å². The number of methoxy groups -OCH3 is 1. The SMILES string of the molecule is CCc1cc(CN2C(=O)C=CC2=O)ccc1OC. The highest BCUT2D eigenvalue weighted by atomic mass is 16.5. The Morgan fingerprint density at radius 3 is 2.39 bits per heavy atom. The molecule has 0 saturated heterocycles. The zero-order valence-corrected chi connectivity index (χ0v) is 10.5. The Balaban J connectivity index is 2.20. The highest BCUT2D eigenvalue weighted by Crippen LogP contribution is 2.21. The van der Waals surface area contributed by atoms with Crippen LogP contribution in [0.3, 0.4) is 0 Å². The van der Waals surface area contributed by atoms with Gasteiger partial charge >= 0.3 is 0 Å². The minimum atomic E-state index is -0.256. The first-order chi connectivity index (χ1) is 8.65. The number of carbonyl (C=O) groups is 2. The Kier molecular flexibility index (Phi) is 3.46. The third-order valence-corrected chi connectivity index (χ3v) is 2.97. The molecule has 1 aliphatic heterocycles. The second-order valence-electron chi connectivity index (χ2n) is 4.10. The van der Waals surface area contributed by atoms with Crippen LogP contribution in [-0.2, 0) is 22.6 Å². The Hall–Kier alpha value is -2.10. The molecule has 0 radical (unpaired) electrons. The molecule has 0 N–H and O–H groups in total. The topological polar surface area (TPSA) is 46.6 Å². The van der Waals surface area contributed by atoms with Gasteiger partial charge in [-0.25, -0.2) is 0 Å². The molecule has 94 valence electrons. The van der Waals surface area contributed by atoms with Gasteiger partial charge in [0.15, 0.2) is 0 Å². The van der Waals surface area contributed by atoms with Gasteiger partial charge in [0.2, 0.25) is 0 Å². The van der Waals surface area contributed by atoms with E-state index in [1.54, 1.807) is 7.11 Å². The van der Waals surface area contributed by atoms with Gasteiger partial charge in [0.25, 0.3) is 11.8 Å². The zero-order valence-electron chi connectivity index (χ0n) is 10.5. The molecule has 0 spiro atoms. The summed E-state index contributed by atoms with van der Waals surface area (Å²) < 4.78 is 5.24. The molecule has 0 unspecified atom stereocenters. The van der Waals surface area contributed by atoms with Crippen molar-refractivity contribution in [2.75, 3.05) is 7.11 Å². The van der Waals surface area contributed by atoms with Gasteiger partial charge in [0, 0.05) is 12.2 Å². The van der Waals surface area contributed by atoms with E-state index in [-0.39, 0.29) is 11.8 Å². The highest BCUT2D eigenvalue weighted by molar-refractivity contribution is 6.12. The van der Waals surface area contributed by atoms with E-state index in [9.17, 15) is 9.59 Å². The third-order valence-electron chi connectivity index (χ3n) is 2.97. The number of benzene rings is 1. The number of aryl methyl sites for hydroxylation is 1. The molecule has 1 heterocycles. The summed E-state index contributed by atoms with van der Waals surface area (Å²) in [6.07, 6.45) is 3.44. The monoisotopic (exact) mass is 245 g/mol. The minimum absolute atomic E-state index is 0.256. The van der Waals surface area contributed by atoms with Crippen molar-refractivity contribution >= 4 is 11.8 Å². The Morgan fingerprint density at radius 1 is 1.17 bits per heavy atom. The highest BCUT2D eigenvalue weighted by Gasteiger charge is 2.23. The van der Waals surface area contributed by atoms with Crippen LogP contribution in [0.2, 0.25) is 0 Å². The van der Waals surface area contributed by atoms with Crippen molar-refractivity contribution in [3.8, 4) is 5.75 Å². The lowest BCUT2D eigenvalue weighted by Gasteiger charge is -2.15. The van der Waals surface area contributed by atoms with Crippen LogP contribution in [0.25, 0.3) is 0 Å². The molecule has 18 heavy (non-hydrogen) atoms. The zero-order chi connectivity index (χ0) is 13.1. The second kappa shape index (κ2) is 5.04. The van der Waals surface area contributed by atoms with Crippen LogP contribution >= 0.6 is 0 Å². The summed E-state index contributed by atoms with van der Waals surface area (Å²) in [7, 11) is 1.63. The van der Waals surface area contributed by atoms with Gasteiger partial charge in [0.1, 0.15) is 5.75 Å². The summed E-state index contributed by atoms with van der Waals surface area (Å²) in [5.74, 6) is 0.321. The number of ether oxygens (including phenoxy) is 1. The average molecular weight is 245 g/mol. The predicted molar refractivity (Wildman–Crippen MR) is 67.1 cm³/mol. The lowest BCUT2D eigenvalue weighted by molar-refractivity contribution is -0.137. The summed E-state index contributed by atoms with van der Waals surface area (Å²) in [5, 5.41) is 0. The third kappa shape index (κ3) is 2.27. The quantitative estimate of drug-likeness (QED) is 0.758. The number of nitrogens with zero attached hydrogens (tertiary/aromatic N) is 1. The van der Waals surface area contributed by atoms with Crippen molar-refractivity contribution in [2.45, 2.75) is 19.9 Å². The Labute approximate surface area is 106 Å². The number of imide groups is 1. The van der Waals surface area contributed by atoms with Crippen LogP contribution in [0.5, 0.6) is 5.75 Å². The maximum Gasteiger partial charge on any atom is 0.253 e. The Morgan fingerprint density at radius 2 is 1.83 bits per heavy atom. The predicted octanol–water partition coefficient (Wildman–Crippen LogP) is 1.68. The standard InChI is InChI=1S/C14H15NO3/c1-3-11-8-10(4-5-12(11)18-2)9-15-13(16)6-7-14(15)17/h4-8H,3,9H2,1-2H3. The van der Waals surface area contributed by atoms with Gasteiger partial charge in [-0.05, 0) is 23.6 Å². The summed E-state index contributed by atoms with van der Waals surface area (Å²) in [5.41, 5.74) is 2.00. The van der Waals surface area contributed by atoms with Gasteiger partial charge in [-0.2, -0.15) is 0 Å². The number of hydrogen-bond acceptors (Lipinski definition) is 3. The van der Waals surface area contributed by atoms with Crippen LogP contribution in [0.4, 0.5) is 0 Å². The number of carbonyl (C=O) groups excluding carboxylic acids is 2. The maximum absolute atomic E-state index is 11.5. The van der Waals surface area contributed by atoms with Crippen LogP contribution in [0.1, 0.15) is 18.1 Å². The molecular weight excluding hydrogens is 230 g/mol. The van der Waals surface area contributed by atoms with Crippen molar-refractivity contribution in [3.05, 3.63) is 41.5 Å². The summed E-state index contributed by atoms with van der Waals surface area (Å²) in [6, 6.07) is 5.71. The lowest BCUT2D eigenvalue weighted by Crippen LogP contribution is -2.29. The normalized spacial score (nSPS) is 14.4. The van der Waals surface area contributed by atoms with Gasteiger partial charge in [-0.15, -0.1) is 0 Å². The fourth-order valence-corrected chi connectivity index (χ4v) is 1.98. The van der Waals surface area contributed by atoms with Gasteiger partial charge in [0.05, 0.1) is 13.7 Å². The molecule has 2 amide bonds. The first-order valence-corrected chi connectivity index (χ1v) is 5.85. The smallest absolute Gasteiger partial charge is 0.253 e. The van der Waals surface area contributed by atoms with Crippen molar-refractivity contribution in [2.24, 2.45) is 0 Å². The summed E-state index contributed by atoms with van der Waals surface area (Å²) in [4.78, 5) is 24.1. The molecule has 2 rings (SSSR count). The van der Waals surface area contributed by atoms with Crippen LogP contribution in [0, 0.1) is 0 Å². The van der Waals surface area contributed by atoms with Crippen LogP contribution in [0.15, 0.2) is 30.4 Å². The minimum Gasteiger partial charge on any atom is -0.496 e. The molecule has 0 aromatic heterocycles. The van der Waals surface area contributed by atoms with Crippen molar-refractivity contribution < 1.29 is 14.3 Å². The van der Waals surface area contributed by atoms with Gasteiger partial charge in [-0.1, -0.05) is 19.1 Å². The number of hydrogen-bond donors (Lipinski definition) is 0. The average Bonchev–Trinajstić information content (AvgIpc) is 2.70. The molecule has 0 atom stereocenters. The van der Waals surface area contributed by atoms with Crippen molar-refractivity contribution in [1.29, 1.82) is 0 Å². The molecule has 4 heteroatoms. The second-order valence-corrected chi connectivity index (χ2v) is 4.10. The fourth-order valence-electron chi connectivity index (χ4n) is 1.98. The van der Waals surface area contributed by atoms with E-state index in [1.165, 1.54) is 17.1 Å². The molecule has 0 aliphatic carbocycles.